The highest BCUT2D eigenvalue weighted by molar-refractivity contribution is 6.02. The molecule has 2 aromatic heterocycles. The summed E-state index contributed by atoms with van der Waals surface area (Å²) in [7, 11) is 0. The van der Waals surface area contributed by atoms with E-state index in [4.69, 9.17) is 9.15 Å². The maximum Gasteiger partial charge on any atom is 0.175 e. The Labute approximate surface area is 105 Å². The van der Waals surface area contributed by atoms with Gasteiger partial charge in [-0.3, -0.25) is 0 Å². The van der Waals surface area contributed by atoms with Gasteiger partial charge < -0.3 is 9.15 Å². The van der Waals surface area contributed by atoms with Crippen molar-refractivity contribution in [1.29, 1.82) is 0 Å². The van der Waals surface area contributed by atoms with Crippen LogP contribution in [0.15, 0.2) is 28.7 Å². The Hall–Kier alpha value is -1.94. The molecule has 0 amide bonds. The molecule has 0 atom stereocenters. The molecule has 3 aromatic rings. The van der Waals surface area contributed by atoms with Gasteiger partial charge in [-0.05, 0) is 26.0 Å². The van der Waals surface area contributed by atoms with Gasteiger partial charge in [0, 0.05) is 12.0 Å². The van der Waals surface area contributed by atoms with Crippen molar-refractivity contribution in [3.63, 3.8) is 0 Å². The molecular formula is C14H14N2O2. The van der Waals surface area contributed by atoms with E-state index >= 15 is 0 Å². The number of aryl methyl sites for hydroxylation is 1. The van der Waals surface area contributed by atoms with Crippen molar-refractivity contribution in [3.05, 3.63) is 35.8 Å². The molecule has 3 rings (SSSR count). The highest BCUT2D eigenvalue weighted by Crippen LogP contribution is 2.28. The van der Waals surface area contributed by atoms with Gasteiger partial charge in [0.25, 0.3) is 0 Å². The van der Waals surface area contributed by atoms with Crippen molar-refractivity contribution in [1.82, 2.24) is 9.97 Å². The van der Waals surface area contributed by atoms with E-state index in [0.717, 1.165) is 27.8 Å². The van der Waals surface area contributed by atoms with Crippen LogP contribution in [0.5, 0.6) is 0 Å². The van der Waals surface area contributed by atoms with Crippen LogP contribution in [0, 0.1) is 6.92 Å². The smallest absolute Gasteiger partial charge is 0.175 e. The summed E-state index contributed by atoms with van der Waals surface area (Å²) in [5.74, 6) is 0.702. The van der Waals surface area contributed by atoms with Crippen molar-refractivity contribution in [2.24, 2.45) is 0 Å². The van der Waals surface area contributed by atoms with Crippen LogP contribution in [0.1, 0.15) is 18.4 Å². The van der Waals surface area contributed by atoms with Crippen LogP contribution in [0.2, 0.25) is 0 Å². The van der Waals surface area contributed by atoms with Crippen LogP contribution < -0.4 is 0 Å². The predicted octanol–water partition coefficient (Wildman–Crippen LogP) is 3.22. The third-order valence-electron chi connectivity index (χ3n) is 2.87. The van der Waals surface area contributed by atoms with Crippen molar-refractivity contribution in [2.45, 2.75) is 20.5 Å². The molecule has 0 aliphatic carbocycles. The summed E-state index contributed by atoms with van der Waals surface area (Å²) < 4.78 is 11.1. The van der Waals surface area contributed by atoms with E-state index in [-0.39, 0.29) is 0 Å². The predicted molar refractivity (Wildman–Crippen MR) is 69.4 cm³/mol. The van der Waals surface area contributed by atoms with E-state index < -0.39 is 0 Å². The first-order valence-electron chi connectivity index (χ1n) is 6.02. The minimum absolute atomic E-state index is 0.437. The van der Waals surface area contributed by atoms with Crippen LogP contribution in [-0.4, -0.2) is 16.6 Å². The second-order valence-corrected chi connectivity index (χ2v) is 4.14. The Morgan fingerprint density at radius 2 is 2.06 bits per heavy atom. The highest BCUT2D eigenvalue weighted by Gasteiger charge is 2.12. The fourth-order valence-corrected chi connectivity index (χ4v) is 2.04. The fourth-order valence-electron chi connectivity index (χ4n) is 2.04. The molecule has 18 heavy (non-hydrogen) atoms. The molecule has 0 saturated carbocycles. The van der Waals surface area contributed by atoms with Gasteiger partial charge in [0.2, 0.25) is 0 Å². The summed E-state index contributed by atoms with van der Waals surface area (Å²) in [6.07, 6.45) is 0. The standard InChI is InChI=1S/C14H14N2O2/c1-3-17-8-12-15-9(2)14-13(16-12)10-6-4-5-7-11(10)18-14/h4-7H,3,8H2,1-2H3. The SMILES string of the molecule is CCOCc1nc(C)c2oc3ccccc3c2n1. The molecule has 0 aliphatic heterocycles. The molecule has 4 heteroatoms. The van der Waals surface area contributed by atoms with Crippen molar-refractivity contribution in [2.75, 3.05) is 6.61 Å². The van der Waals surface area contributed by atoms with E-state index in [2.05, 4.69) is 9.97 Å². The van der Waals surface area contributed by atoms with E-state index in [1.54, 1.807) is 0 Å². The third kappa shape index (κ3) is 1.75. The average molecular weight is 242 g/mol. The van der Waals surface area contributed by atoms with Crippen LogP contribution in [-0.2, 0) is 11.3 Å². The number of ether oxygens (including phenoxy) is 1. The van der Waals surface area contributed by atoms with Crippen molar-refractivity contribution >= 4 is 22.1 Å². The van der Waals surface area contributed by atoms with E-state index in [0.29, 0.717) is 19.0 Å². The van der Waals surface area contributed by atoms with E-state index in [9.17, 15) is 0 Å². The summed E-state index contributed by atoms with van der Waals surface area (Å²) in [5, 5.41) is 1.02. The second kappa shape index (κ2) is 4.38. The first-order chi connectivity index (χ1) is 8.79. The largest absolute Gasteiger partial charge is 0.452 e. The quantitative estimate of drug-likeness (QED) is 0.707. The molecule has 0 spiro atoms. The second-order valence-electron chi connectivity index (χ2n) is 4.14. The van der Waals surface area contributed by atoms with Gasteiger partial charge in [-0.1, -0.05) is 12.1 Å². The lowest BCUT2D eigenvalue weighted by Gasteiger charge is -2.01. The van der Waals surface area contributed by atoms with Gasteiger partial charge >= 0.3 is 0 Å². The molecule has 0 radical (unpaired) electrons. The van der Waals surface area contributed by atoms with Gasteiger partial charge in [-0.2, -0.15) is 0 Å². The Bertz CT molecular complexity index is 703. The summed E-state index contributed by atoms with van der Waals surface area (Å²) in [5.41, 5.74) is 3.33. The number of hydrogen-bond acceptors (Lipinski definition) is 4. The molecular weight excluding hydrogens is 228 g/mol. The zero-order valence-electron chi connectivity index (χ0n) is 10.4. The average Bonchev–Trinajstić information content (AvgIpc) is 2.76. The maximum atomic E-state index is 5.78. The number of para-hydroxylation sites is 1. The Kier molecular flexibility index (Phi) is 2.72. The van der Waals surface area contributed by atoms with Gasteiger partial charge in [-0.25, -0.2) is 9.97 Å². The summed E-state index contributed by atoms with van der Waals surface area (Å²) in [4.78, 5) is 8.94. The molecule has 0 N–H and O–H groups in total. The molecule has 0 bridgehead atoms. The van der Waals surface area contributed by atoms with E-state index in [1.807, 2.05) is 38.1 Å². The number of aromatic nitrogens is 2. The lowest BCUT2D eigenvalue weighted by Crippen LogP contribution is -2.00. The molecule has 0 unspecified atom stereocenters. The normalized spacial score (nSPS) is 11.4. The number of fused-ring (bicyclic) bond motifs is 3. The number of furan rings is 1. The van der Waals surface area contributed by atoms with Gasteiger partial charge in [0.05, 0.1) is 5.69 Å². The van der Waals surface area contributed by atoms with Gasteiger partial charge in [0.15, 0.2) is 11.4 Å². The lowest BCUT2D eigenvalue weighted by atomic mass is 10.2. The zero-order valence-corrected chi connectivity index (χ0v) is 10.4. The summed E-state index contributed by atoms with van der Waals surface area (Å²) in [6, 6.07) is 7.89. The summed E-state index contributed by atoms with van der Waals surface area (Å²) >= 11 is 0. The number of benzene rings is 1. The van der Waals surface area contributed by atoms with Crippen molar-refractivity contribution < 1.29 is 9.15 Å². The first-order valence-corrected chi connectivity index (χ1v) is 6.02. The molecule has 0 fully saturated rings. The minimum atomic E-state index is 0.437. The zero-order chi connectivity index (χ0) is 12.5. The monoisotopic (exact) mass is 242 g/mol. The summed E-state index contributed by atoms with van der Waals surface area (Å²) in [6.45, 7) is 4.99. The Morgan fingerprint density at radius 1 is 1.22 bits per heavy atom. The van der Waals surface area contributed by atoms with Gasteiger partial charge in [0.1, 0.15) is 17.7 Å². The fraction of sp³-hybridized carbons (Fsp3) is 0.286. The number of nitrogens with zero attached hydrogens (tertiary/aromatic N) is 2. The van der Waals surface area contributed by atoms with Gasteiger partial charge in [-0.15, -0.1) is 0 Å². The maximum absolute atomic E-state index is 5.78. The number of rotatable bonds is 3. The Balaban J connectivity index is 2.23. The number of hydrogen-bond donors (Lipinski definition) is 0. The molecule has 1 aromatic carbocycles. The molecule has 92 valence electrons. The highest BCUT2D eigenvalue weighted by atomic mass is 16.5. The Morgan fingerprint density at radius 3 is 2.89 bits per heavy atom. The first kappa shape index (κ1) is 11.2. The van der Waals surface area contributed by atoms with Crippen LogP contribution in [0.4, 0.5) is 0 Å². The molecule has 0 aliphatic rings. The van der Waals surface area contributed by atoms with Crippen molar-refractivity contribution in [3.8, 4) is 0 Å². The van der Waals surface area contributed by atoms with Crippen LogP contribution in [0.3, 0.4) is 0 Å². The third-order valence-corrected chi connectivity index (χ3v) is 2.87. The van der Waals surface area contributed by atoms with Crippen LogP contribution in [0.25, 0.3) is 22.1 Å². The molecule has 4 nitrogen and oxygen atoms in total. The molecule has 2 heterocycles. The van der Waals surface area contributed by atoms with E-state index in [1.165, 1.54) is 0 Å². The molecule has 0 saturated heterocycles. The topological polar surface area (TPSA) is 48.2 Å². The van der Waals surface area contributed by atoms with Crippen LogP contribution >= 0.6 is 0 Å². The lowest BCUT2D eigenvalue weighted by molar-refractivity contribution is 0.128. The minimum Gasteiger partial charge on any atom is -0.452 e.